The summed E-state index contributed by atoms with van der Waals surface area (Å²) in [5, 5.41) is 17.8. The van der Waals surface area contributed by atoms with Crippen molar-refractivity contribution in [2.45, 2.75) is 32.1 Å². The number of aliphatic carboxylic acids is 1. The average molecular weight is 618 g/mol. The molecule has 0 radical (unpaired) electrons. The number of rotatable bonds is 11. The number of nitrogens with zero attached hydrogens (tertiary/aromatic N) is 1. The van der Waals surface area contributed by atoms with Gasteiger partial charge in [-0.05, 0) is 42.3 Å². The lowest BCUT2D eigenvalue weighted by molar-refractivity contribution is -0.192. The quantitative estimate of drug-likeness (QED) is 0.203. The molecular formula is C29H30F3N5O7. The number of urea groups is 1. The maximum absolute atomic E-state index is 12.6. The molecule has 12 nitrogen and oxygen atoms in total. The van der Waals surface area contributed by atoms with Crippen molar-refractivity contribution in [3.8, 4) is 0 Å². The normalized spacial score (nSPS) is 11.1. The van der Waals surface area contributed by atoms with Crippen LogP contribution in [0.15, 0.2) is 79.1 Å². The zero-order chi connectivity index (χ0) is 32.5. The molecule has 0 bridgehead atoms. The highest BCUT2D eigenvalue weighted by Gasteiger charge is 2.38. The molecule has 1 heterocycles. The van der Waals surface area contributed by atoms with E-state index in [1.165, 1.54) is 6.07 Å². The van der Waals surface area contributed by atoms with Gasteiger partial charge in [0.2, 0.25) is 5.91 Å². The molecule has 2 aromatic carbocycles. The molecule has 3 aromatic rings. The number of carboxylic acids is 1. The monoisotopic (exact) mass is 617 g/mol. The van der Waals surface area contributed by atoms with Gasteiger partial charge >= 0.3 is 24.1 Å². The minimum absolute atomic E-state index is 0.0702. The Balaban J connectivity index is 0.000000860. The third kappa shape index (κ3) is 13.0. The van der Waals surface area contributed by atoms with Gasteiger partial charge in [0.25, 0.3) is 5.91 Å². The lowest BCUT2D eigenvalue weighted by Crippen LogP contribution is -2.39. The molecular weight excluding hydrogens is 587 g/mol. The minimum atomic E-state index is -5.08. The molecule has 1 aromatic heterocycles. The molecule has 4 amide bonds. The third-order valence-electron chi connectivity index (χ3n) is 5.43. The summed E-state index contributed by atoms with van der Waals surface area (Å²) in [7, 11) is 0. The Kier molecular flexibility index (Phi) is 13.8. The summed E-state index contributed by atoms with van der Waals surface area (Å²) in [6, 6.07) is 18.2. The van der Waals surface area contributed by atoms with E-state index < -0.39 is 42.0 Å². The number of pyridine rings is 1. The van der Waals surface area contributed by atoms with Crippen LogP contribution in [0.2, 0.25) is 0 Å². The van der Waals surface area contributed by atoms with Crippen LogP contribution in [0, 0.1) is 0 Å². The SMILES string of the molecule is CCOC(=O)CC(NC(=O)CNC(=O)c1cccc(NC(=O)NCc2ccccc2)c1)c1cccnc1.O=C(O)C(F)(F)F. The molecule has 5 N–H and O–H groups in total. The van der Waals surface area contributed by atoms with Gasteiger partial charge in [-0.1, -0.05) is 42.5 Å². The number of hydrogen-bond acceptors (Lipinski definition) is 7. The molecule has 0 saturated carbocycles. The van der Waals surface area contributed by atoms with E-state index in [1.807, 2.05) is 30.3 Å². The Hall–Kier alpha value is -5.47. The van der Waals surface area contributed by atoms with Crippen LogP contribution in [0.3, 0.4) is 0 Å². The fraction of sp³-hybridized carbons (Fsp3) is 0.241. The Morgan fingerprint density at radius 2 is 1.66 bits per heavy atom. The molecule has 0 saturated heterocycles. The van der Waals surface area contributed by atoms with Crippen LogP contribution in [0.5, 0.6) is 0 Å². The van der Waals surface area contributed by atoms with Crippen molar-refractivity contribution in [3.05, 3.63) is 95.8 Å². The average Bonchev–Trinajstić information content (AvgIpc) is 2.99. The fourth-order valence-electron chi connectivity index (χ4n) is 3.42. The number of carbonyl (C=O) groups is 5. The molecule has 234 valence electrons. The van der Waals surface area contributed by atoms with Crippen molar-refractivity contribution in [2.75, 3.05) is 18.5 Å². The van der Waals surface area contributed by atoms with Gasteiger partial charge in [-0.25, -0.2) is 9.59 Å². The van der Waals surface area contributed by atoms with E-state index >= 15 is 0 Å². The Morgan fingerprint density at radius 3 is 2.27 bits per heavy atom. The number of benzene rings is 2. The second-order valence-corrected chi connectivity index (χ2v) is 8.78. The van der Waals surface area contributed by atoms with E-state index in [0.29, 0.717) is 17.8 Å². The van der Waals surface area contributed by atoms with E-state index in [-0.39, 0.29) is 25.1 Å². The first-order chi connectivity index (χ1) is 20.9. The van der Waals surface area contributed by atoms with Gasteiger partial charge in [-0.2, -0.15) is 13.2 Å². The number of carbonyl (C=O) groups excluding carboxylic acids is 4. The van der Waals surface area contributed by atoms with Crippen LogP contribution in [-0.2, 0) is 25.7 Å². The molecule has 1 unspecified atom stereocenters. The largest absolute Gasteiger partial charge is 0.490 e. The summed E-state index contributed by atoms with van der Waals surface area (Å²) in [5.41, 5.74) is 2.29. The summed E-state index contributed by atoms with van der Waals surface area (Å²) < 4.78 is 36.7. The molecule has 0 aliphatic rings. The zero-order valence-corrected chi connectivity index (χ0v) is 23.4. The highest BCUT2D eigenvalue weighted by atomic mass is 19.4. The van der Waals surface area contributed by atoms with Crippen LogP contribution < -0.4 is 21.3 Å². The Bertz CT molecular complexity index is 1410. The number of esters is 1. The van der Waals surface area contributed by atoms with E-state index in [1.54, 1.807) is 49.6 Å². The Morgan fingerprint density at radius 1 is 0.955 bits per heavy atom. The van der Waals surface area contributed by atoms with Gasteiger partial charge in [-0.3, -0.25) is 19.4 Å². The van der Waals surface area contributed by atoms with Gasteiger partial charge < -0.3 is 31.1 Å². The lowest BCUT2D eigenvalue weighted by atomic mass is 10.1. The highest BCUT2D eigenvalue weighted by molar-refractivity contribution is 5.98. The molecule has 0 aliphatic carbocycles. The standard InChI is InChI=1S/C27H29N5O5.C2HF3O2/c1-2-37-25(34)15-23(21-11-7-13-28-17-21)32-24(33)18-29-26(35)20-10-6-12-22(14-20)31-27(36)30-16-19-8-4-3-5-9-19;3-2(4,5)1(6)7/h3-14,17,23H,2,15-16,18H2,1H3,(H,29,35)(H,32,33)(H2,30,31,36);(H,6,7). The predicted octanol–water partition coefficient (Wildman–Crippen LogP) is 3.58. The van der Waals surface area contributed by atoms with Gasteiger partial charge in [0.05, 0.1) is 25.6 Å². The predicted molar refractivity (Wildman–Crippen MR) is 151 cm³/mol. The van der Waals surface area contributed by atoms with Crippen molar-refractivity contribution in [1.29, 1.82) is 0 Å². The van der Waals surface area contributed by atoms with Gasteiger partial charge in [-0.15, -0.1) is 0 Å². The molecule has 3 rings (SSSR count). The van der Waals surface area contributed by atoms with Crippen LogP contribution in [0.25, 0.3) is 0 Å². The Labute approximate surface area is 250 Å². The summed E-state index contributed by atoms with van der Waals surface area (Å²) in [6.45, 7) is 1.98. The first-order valence-electron chi connectivity index (χ1n) is 13.0. The maximum Gasteiger partial charge on any atom is 0.490 e. The molecule has 44 heavy (non-hydrogen) atoms. The summed E-state index contributed by atoms with van der Waals surface area (Å²) in [5.74, 6) is -4.20. The number of anilines is 1. The van der Waals surface area contributed by atoms with Gasteiger partial charge in [0.1, 0.15) is 0 Å². The number of amides is 4. The van der Waals surface area contributed by atoms with Crippen molar-refractivity contribution in [3.63, 3.8) is 0 Å². The number of carboxylic acid groups (broad SMARTS) is 1. The zero-order valence-electron chi connectivity index (χ0n) is 23.4. The minimum Gasteiger partial charge on any atom is -0.475 e. The second-order valence-electron chi connectivity index (χ2n) is 8.78. The summed E-state index contributed by atoms with van der Waals surface area (Å²) in [4.78, 5) is 62.3. The number of alkyl halides is 3. The highest BCUT2D eigenvalue weighted by Crippen LogP contribution is 2.16. The van der Waals surface area contributed by atoms with E-state index in [0.717, 1.165) is 5.56 Å². The smallest absolute Gasteiger partial charge is 0.475 e. The number of halogens is 3. The van der Waals surface area contributed by atoms with Crippen molar-refractivity contribution in [2.24, 2.45) is 0 Å². The molecule has 0 aliphatic heterocycles. The first kappa shape index (κ1) is 34.7. The summed E-state index contributed by atoms with van der Waals surface area (Å²) >= 11 is 0. The van der Waals surface area contributed by atoms with Crippen molar-refractivity contribution < 1.29 is 47.0 Å². The van der Waals surface area contributed by atoms with Crippen LogP contribution in [0.4, 0.5) is 23.7 Å². The third-order valence-corrected chi connectivity index (χ3v) is 5.43. The van der Waals surface area contributed by atoms with E-state index in [9.17, 15) is 32.3 Å². The van der Waals surface area contributed by atoms with Crippen LogP contribution in [-0.4, -0.2) is 59.2 Å². The first-order valence-corrected chi connectivity index (χ1v) is 13.0. The fourth-order valence-corrected chi connectivity index (χ4v) is 3.42. The van der Waals surface area contributed by atoms with Gasteiger partial charge in [0.15, 0.2) is 0 Å². The number of aromatic nitrogens is 1. The number of ether oxygens (including phenoxy) is 1. The topological polar surface area (TPSA) is 176 Å². The maximum atomic E-state index is 12.6. The summed E-state index contributed by atoms with van der Waals surface area (Å²) in [6.07, 6.45) is -2.01. The van der Waals surface area contributed by atoms with E-state index in [2.05, 4.69) is 26.3 Å². The molecule has 0 spiro atoms. The van der Waals surface area contributed by atoms with Crippen molar-refractivity contribution >= 4 is 35.5 Å². The second kappa shape index (κ2) is 17.5. The van der Waals surface area contributed by atoms with Crippen LogP contribution >= 0.6 is 0 Å². The van der Waals surface area contributed by atoms with Crippen LogP contribution in [0.1, 0.15) is 40.9 Å². The lowest BCUT2D eigenvalue weighted by Gasteiger charge is -2.18. The number of nitrogens with one attached hydrogen (secondary N) is 4. The van der Waals surface area contributed by atoms with Crippen molar-refractivity contribution in [1.82, 2.24) is 20.9 Å². The number of hydrogen-bond donors (Lipinski definition) is 5. The van der Waals surface area contributed by atoms with Gasteiger partial charge in [0, 0.05) is 30.2 Å². The molecule has 1 atom stereocenters. The molecule has 15 heteroatoms. The van der Waals surface area contributed by atoms with E-state index in [4.69, 9.17) is 14.6 Å². The molecule has 0 fully saturated rings.